The van der Waals surface area contributed by atoms with Gasteiger partial charge in [-0.15, -0.1) is 11.3 Å². The van der Waals surface area contributed by atoms with Crippen molar-refractivity contribution < 1.29 is 4.52 Å². The maximum atomic E-state index is 6.03. The monoisotopic (exact) mass is 275 g/mol. The Morgan fingerprint density at radius 1 is 1.47 bits per heavy atom. The molecular weight excluding hydrogens is 262 g/mol. The zero-order valence-electron chi connectivity index (χ0n) is 10.1. The van der Waals surface area contributed by atoms with Crippen LogP contribution in [-0.4, -0.2) is 20.1 Å². The van der Waals surface area contributed by atoms with Gasteiger partial charge in [-0.25, -0.2) is 4.98 Å². The number of aromatic nitrogens is 4. The van der Waals surface area contributed by atoms with Gasteiger partial charge in [0, 0.05) is 29.6 Å². The summed E-state index contributed by atoms with van der Waals surface area (Å²) in [4.78, 5) is 12.5. The number of rotatable bonds is 5. The molecular formula is C12H13N5OS. The summed E-state index contributed by atoms with van der Waals surface area (Å²) in [7, 11) is 0. The summed E-state index contributed by atoms with van der Waals surface area (Å²) in [6.45, 7) is 0. The third-order valence-corrected chi connectivity index (χ3v) is 3.58. The topological polar surface area (TPSA) is 93.6 Å². The largest absolute Gasteiger partial charge is 0.348 e. The minimum Gasteiger partial charge on any atom is -0.348 e. The van der Waals surface area contributed by atoms with E-state index in [0.29, 0.717) is 24.6 Å². The highest BCUT2D eigenvalue weighted by Gasteiger charge is 2.16. The molecule has 0 aliphatic heterocycles. The van der Waals surface area contributed by atoms with Gasteiger partial charge >= 0.3 is 0 Å². The molecule has 1 atom stereocenters. The van der Waals surface area contributed by atoms with Gasteiger partial charge in [0.25, 0.3) is 0 Å². The number of nitrogens with zero attached hydrogens (tertiary/aromatic N) is 3. The Morgan fingerprint density at radius 2 is 2.42 bits per heavy atom. The van der Waals surface area contributed by atoms with Gasteiger partial charge in [-0.05, 0) is 11.4 Å². The van der Waals surface area contributed by atoms with Gasteiger partial charge in [0.15, 0.2) is 5.82 Å². The Kier molecular flexibility index (Phi) is 3.39. The fourth-order valence-electron chi connectivity index (χ4n) is 1.78. The average Bonchev–Trinajstić information content (AvgIpc) is 3.10. The van der Waals surface area contributed by atoms with Crippen LogP contribution in [0.5, 0.6) is 0 Å². The molecule has 0 aromatic carbocycles. The van der Waals surface area contributed by atoms with E-state index < -0.39 is 0 Å². The summed E-state index contributed by atoms with van der Waals surface area (Å²) in [6, 6.07) is 3.74. The van der Waals surface area contributed by atoms with E-state index in [1.807, 2.05) is 17.5 Å². The zero-order valence-corrected chi connectivity index (χ0v) is 10.9. The van der Waals surface area contributed by atoms with Crippen LogP contribution in [0, 0.1) is 0 Å². The molecule has 3 N–H and O–H groups in total. The van der Waals surface area contributed by atoms with E-state index in [2.05, 4.69) is 20.1 Å². The molecule has 0 aliphatic rings. The molecule has 0 aliphatic carbocycles. The molecule has 0 unspecified atom stereocenters. The minimum atomic E-state index is -0.315. The van der Waals surface area contributed by atoms with Crippen LogP contribution in [0.4, 0.5) is 0 Å². The Labute approximate surface area is 113 Å². The summed E-state index contributed by atoms with van der Waals surface area (Å²) in [5.41, 5.74) is 6.98. The predicted octanol–water partition coefficient (Wildman–Crippen LogP) is 1.69. The van der Waals surface area contributed by atoms with E-state index in [4.69, 9.17) is 10.3 Å². The molecule has 3 heterocycles. The van der Waals surface area contributed by atoms with Crippen molar-refractivity contribution in [2.45, 2.75) is 18.9 Å². The molecule has 3 rings (SSSR count). The maximum Gasteiger partial charge on any atom is 0.243 e. The summed E-state index contributed by atoms with van der Waals surface area (Å²) in [5, 5.41) is 5.98. The molecule has 98 valence electrons. The van der Waals surface area contributed by atoms with Crippen LogP contribution in [0.1, 0.15) is 28.3 Å². The van der Waals surface area contributed by atoms with Crippen molar-refractivity contribution in [1.82, 2.24) is 20.1 Å². The van der Waals surface area contributed by atoms with Crippen molar-refractivity contribution in [3.63, 3.8) is 0 Å². The Morgan fingerprint density at radius 3 is 3.16 bits per heavy atom. The normalized spacial score (nSPS) is 12.7. The number of aromatic amines is 1. The molecule has 0 bridgehead atoms. The molecule has 0 amide bonds. The summed E-state index contributed by atoms with van der Waals surface area (Å²) in [6.07, 6.45) is 4.64. The first-order valence-corrected chi connectivity index (χ1v) is 6.77. The number of nitrogens with one attached hydrogen (secondary N) is 1. The molecule has 6 nitrogen and oxygen atoms in total. The number of H-pyrrole nitrogens is 1. The second-order valence-corrected chi connectivity index (χ2v) is 5.22. The number of nitrogens with two attached hydrogens (primary N) is 1. The molecule has 7 heteroatoms. The third kappa shape index (κ3) is 2.88. The number of imidazole rings is 1. The molecule has 3 aromatic heterocycles. The average molecular weight is 275 g/mol. The zero-order chi connectivity index (χ0) is 13.1. The molecule has 0 radical (unpaired) electrons. The van der Waals surface area contributed by atoms with E-state index in [1.54, 1.807) is 23.9 Å². The Balaban J connectivity index is 1.67. The molecule has 19 heavy (non-hydrogen) atoms. The SMILES string of the molecule is N[C@H](Cc1cnc[nH]1)c1nc(Cc2cccs2)no1. The molecule has 0 fully saturated rings. The Hall–Kier alpha value is -1.99. The van der Waals surface area contributed by atoms with Crippen LogP contribution in [0.3, 0.4) is 0 Å². The van der Waals surface area contributed by atoms with Crippen molar-refractivity contribution in [2.75, 3.05) is 0 Å². The lowest BCUT2D eigenvalue weighted by Gasteiger charge is -2.03. The quantitative estimate of drug-likeness (QED) is 0.739. The van der Waals surface area contributed by atoms with E-state index >= 15 is 0 Å². The van der Waals surface area contributed by atoms with E-state index in [-0.39, 0.29) is 6.04 Å². The third-order valence-electron chi connectivity index (χ3n) is 2.71. The smallest absolute Gasteiger partial charge is 0.243 e. The fourth-order valence-corrected chi connectivity index (χ4v) is 2.48. The maximum absolute atomic E-state index is 6.03. The second kappa shape index (κ2) is 5.33. The van der Waals surface area contributed by atoms with Crippen molar-refractivity contribution in [3.8, 4) is 0 Å². The van der Waals surface area contributed by atoms with Crippen molar-refractivity contribution in [1.29, 1.82) is 0 Å². The van der Waals surface area contributed by atoms with Gasteiger partial charge in [0.05, 0.1) is 12.4 Å². The van der Waals surface area contributed by atoms with Crippen LogP contribution in [-0.2, 0) is 12.8 Å². The highest BCUT2D eigenvalue weighted by atomic mass is 32.1. The number of hydrogen-bond acceptors (Lipinski definition) is 6. The van der Waals surface area contributed by atoms with Crippen molar-refractivity contribution >= 4 is 11.3 Å². The predicted molar refractivity (Wildman–Crippen MR) is 70.6 cm³/mol. The van der Waals surface area contributed by atoms with Gasteiger partial charge < -0.3 is 15.2 Å². The van der Waals surface area contributed by atoms with Gasteiger partial charge in [0.2, 0.25) is 5.89 Å². The minimum absolute atomic E-state index is 0.315. The molecule has 3 aromatic rings. The van der Waals surface area contributed by atoms with Gasteiger partial charge in [-0.1, -0.05) is 11.2 Å². The highest BCUT2D eigenvalue weighted by Crippen LogP contribution is 2.16. The van der Waals surface area contributed by atoms with Crippen LogP contribution in [0.2, 0.25) is 0 Å². The standard InChI is InChI=1S/C12H13N5OS/c13-10(4-8-6-14-7-15-8)12-16-11(17-18-12)5-9-2-1-3-19-9/h1-3,6-7,10H,4-5,13H2,(H,14,15)/t10-/m1/s1. The van der Waals surface area contributed by atoms with Crippen LogP contribution in [0.15, 0.2) is 34.6 Å². The lowest BCUT2D eigenvalue weighted by molar-refractivity contribution is 0.350. The molecule has 0 spiro atoms. The van der Waals surface area contributed by atoms with Crippen LogP contribution < -0.4 is 5.73 Å². The van der Waals surface area contributed by atoms with Gasteiger partial charge in [-0.3, -0.25) is 0 Å². The van der Waals surface area contributed by atoms with Crippen LogP contribution >= 0.6 is 11.3 Å². The first-order chi connectivity index (χ1) is 9.31. The first-order valence-electron chi connectivity index (χ1n) is 5.89. The van der Waals surface area contributed by atoms with E-state index in [1.165, 1.54) is 4.88 Å². The highest BCUT2D eigenvalue weighted by molar-refractivity contribution is 7.09. The number of hydrogen-bond donors (Lipinski definition) is 2. The lowest BCUT2D eigenvalue weighted by atomic mass is 10.2. The fraction of sp³-hybridized carbons (Fsp3) is 0.250. The van der Waals surface area contributed by atoms with Crippen LogP contribution in [0.25, 0.3) is 0 Å². The second-order valence-electron chi connectivity index (χ2n) is 4.19. The van der Waals surface area contributed by atoms with Crippen molar-refractivity contribution in [3.05, 3.63) is 52.3 Å². The first kappa shape index (κ1) is 12.1. The summed E-state index contributed by atoms with van der Waals surface area (Å²) < 4.78 is 5.21. The molecule has 0 saturated heterocycles. The molecule has 0 saturated carbocycles. The number of thiophene rings is 1. The van der Waals surface area contributed by atoms with Gasteiger partial charge in [0.1, 0.15) is 0 Å². The summed E-state index contributed by atoms with van der Waals surface area (Å²) in [5.74, 6) is 1.12. The van der Waals surface area contributed by atoms with Crippen molar-refractivity contribution in [2.24, 2.45) is 5.73 Å². The van der Waals surface area contributed by atoms with Gasteiger partial charge in [-0.2, -0.15) is 4.98 Å². The van der Waals surface area contributed by atoms with E-state index in [0.717, 1.165) is 5.69 Å². The van der Waals surface area contributed by atoms with E-state index in [9.17, 15) is 0 Å². The summed E-state index contributed by atoms with van der Waals surface area (Å²) >= 11 is 1.67. The lowest BCUT2D eigenvalue weighted by Crippen LogP contribution is -2.14. The Bertz CT molecular complexity index is 616.